The molecule has 0 aromatic heterocycles. The van der Waals surface area contributed by atoms with Crippen LogP contribution in [-0.2, 0) is 10.2 Å². The second kappa shape index (κ2) is 8.91. The summed E-state index contributed by atoms with van der Waals surface area (Å²) in [5.74, 6) is 1.35. The predicted octanol–water partition coefficient (Wildman–Crippen LogP) is 2.93. The van der Waals surface area contributed by atoms with Crippen molar-refractivity contribution < 1.29 is 14.3 Å². The molecule has 1 fully saturated rings. The fourth-order valence-corrected chi connectivity index (χ4v) is 2.69. The SMILES string of the molecule is CC(C)COc1ccc(C(C)(C)CNC(=O)N2CCOC(C#N)C2)cc1. The summed E-state index contributed by atoms with van der Waals surface area (Å²) in [5, 5.41) is 11.9. The first-order valence-corrected chi connectivity index (χ1v) is 9.09. The van der Waals surface area contributed by atoms with E-state index in [0.29, 0.717) is 38.8 Å². The maximum Gasteiger partial charge on any atom is 0.317 e. The van der Waals surface area contributed by atoms with Gasteiger partial charge in [0.15, 0.2) is 6.10 Å². The fourth-order valence-electron chi connectivity index (χ4n) is 2.69. The highest BCUT2D eigenvalue weighted by atomic mass is 16.5. The largest absolute Gasteiger partial charge is 0.493 e. The molecule has 1 atom stereocenters. The molecule has 1 aromatic carbocycles. The number of urea groups is 1. The Morgan fingerprint density at radius 2 is 2.12 bits per heavy atom. The summed E-state index contributed by atoms with van der Waals surface area (Å²) >= 11 is 0. The van der Waals surface area contributed by atoms with Gasteiger partial charge in [0.05, 0.1) is 25.8 Å². The van der Waals surface area contributed by atoms with Gasteiger partial charge >= 0.3 is 6.03 Å². The molecule has 6 nitrogen and oxygen atoms in total. The van der Waals surface area contributed by atoms with Gasteiger partial charge in [-0.1, -0.05) is 39.8 Å². The zero-order chi connectivity index (χ0) is 19.2. The second-order valence-electron chi connectivity index (χ2n) is 7.71. The lowest BCUT2D eigenvalue weighted by Gasteiger charge is -2.32. The van der Waals surface area contributed by atoms with Crippen molar-refractivity contribution in [2.75, 3.05) is 32.8 Å². The van der Waals surface area contributed by atoms with E-state index in [9.17, 15) is 4.79 Å². The molecular weight excluding hydrogens is 330 g/mol. The molecule has 1 aromatic rings. The van der Waals surface area contributed by atoms with Crippen molar-refractivity contribution in [1.29, 1.82) is 5.26 Å². The first-order chi connectivity index (χ1) is 12.3. The third-order valence-electron chi connectivity index (χ3n) is 4.40. The number of hydrogen-bond acceptors (Lipinski definition) is 4. The Kier molecular flexibility index (Phi) is 6.87. The van der Waals surface area contributed by atoms with Crippen molar-refractivity contribution >= 4 is 6.03 Å². The van der Waals surface area contributed by atoms with Gasteiger partial charge in [0, 0.05) is 18.5 Å². The Balaban J connectivity index is 1.89. The summed E-state index contributed by atoms with van der Waals surface area (Å²) in [5.41, 5.74) is 0.916. The smallest absolute Gasteiger partial charge is 0.317 e. The van der Waals surface area contributed by atoms with Crippen LogP contribution in [0, 0.1) is 17.2 Å². The average Bonchev–Trinajstić information content (AvgIpc) is 2.65. The highest BCUT2D eigenvalue weighted by Gasteiger charge is 2.26. The molecular formula is C20H29N3O3. The van der Waals surface area contributed by atoms with Crippen LogP contribution >= 0.6 is 0 Å². The molecule has 142 valence electrons. The number of carbonyl (C=O) groups excluding carboxylic acids is 1. The Bertz CT molecular complexity index is 635. The number of nitrogens with one attached hydrogen (secondary N) is 1. The molecule has 0 saturated carbocycles. The number of amides is 2. The van der Waals surface area contributed by atoms with Gasteiger partial charge in [-0.2, -0.15) is 5.26 Å². The van der Waals surface area contributed by atoms with Gasteiger partial charge in [0.1, 0.15) is 5.75 Å². The van der Waals surface area contributed by atoms with Crippen LogP contribution in [0.3, 0.4) is 0 Å². The lowest BCUT2D eigenvalue weighted by molar-refractivity contribution is 0.0156. The van der Waals surface area contributed by atoms with Gasteiger partial charge in [-0.3, -0.25) is 0 Å². The Morgan fingerprint density at radius 3 is 2.73 bits per heavy atom. The number of carbonyl (C=O) groups is 1. The number of nitriles is 1. The Labute approximate surface area is 156 Å². The summed E-state index contributed by atoms with van der Waals surface area (Å²) in [4.78, 5) is 14.0. The number of hydrogen-bond donors (Lipinski definition) is 1. The van der Waals surface area contributed by atoms with Gasteiger partial charge in [-0.15, -0.1) is 0 Å². The molecule has 1 unspecified atom stereocenters. The second-order valence-corrected chi connectivity index (χ2v) is 7.71. The van der Waals surface area contributed by atoms with Crippen LogP contribution in [0.1, 0.15) is 33.3 Å². The molecule has 0 bridgehead atoms. The van der Waals surface area contributed by atoms with Crippen LogP contribution in [-0.4, -0.2) is 49.9 Å². The molecule has 1 saturated heterocycles. The first kappa shape index (κ1) is 20.1. The van der Waals surface area contributed by atoms with Crippen LogP contribution in [0.4, 0.5) is 4.79 Å². The van der Waals surface area contributed by atoms with Gasteiger partial charge in [0.2, 0.25) is 0 Å². The van der Waals surface area contributed by atoms with E-state index in [0.717, 1.165) is 11.3 Å². The Hall–Kier alpha value is -2.26. The first-order valence-electron chi connectivity index (χ1n) is 9.09. The molecule has 1 aliphatic heterocycles. The van der Waals surface area contributed by atoms with Crippen molar-refractivity contribution in [3.8, 4) is 11.8 Å². The topological polar surface area (TPSA) is 74.6 Å². The number of morpholine rings is 1. The summed E-state index contributed by atoms with van der Waals surface area (Å²) in [6.07, 6.45) is -0.541. The van der Waals surface area contributed by atoms with E-state index in [2.05, 4.69) is 39.1 Å². The summed E-state index contributed by atoms with van der Waals surface area (Å²) in [6, 6.07) is 9.93. The summed E-state index contributed by atoms with van der Waals surface area (Å²) in [6.45, 7) is 10.8. The average molecular weight is 359 g/mol. The van der Waals surface area contributed by atoms with Gasteiger partial charge in [-0.25, -0.2) is 4.79 Å². The summed E-state index contributed by atoms with van der Waals surface area (Å²) < 4.78 is 11.0. The zero-order valence-electron chi connectivity index (χ0n) is 16.1. The maximum atomic E-state index is 12.4. The standard InChI is InChI=1S/C20H29N3O3/c1-15(2)13-26-17-7-5-16(6-8-17)20(3,4)14-22-19(24)23-9-10-25-18(11-21)12-23/h5-8,15,18H,9-10,12-14H2,1-4H3,(H,22,24). The van der Waals surface area contributed by atoms with E-state index in [4.69, 9.17) is 14.7 Å². The molecule has 2 amide bonds. The van der Waals surface area contributed by atoms with Crippen molar-refractivity contribution in [2.24, 2.45) is 5.92 Å². The van der Waals surface area contributed by atoms with E-state index in [-0.39, 0.29) is 11.4 Å². The molecule has 26 heavy (non-hydrogen) atoms. The maximum absolute atomic E-state index is 12.4. The molecule has 0 radical (unpaired) electrons. The quantitative estimate of drug-likeness (QED) is 0.847. The van der Waals surface area contributed by atoms with Crippen LogP contribution < -0.4 is 10.1 Å². The van der Waals surface area contributed by atoms with Crippen molar-refractivity contribution in [2.45, 2.75) is 39.2 Å². The number of benzene rings is 1. The summed E-state index contributed by atoms with van der Waals surface area (Å²) in [7, 11) is 0. The minimum atomic E-state index is -0.541. The van der Waals surface area contributed by atoms with Crippen molar-refractivity contribution in [1.82, 2.24) is 10.2 Å². The van der Waals surface area contributed by atoms with Crippen LogP contribution in [0.5, 0.6) is 5.75 Å². The van der Waals surface area contributed by atoms with Crippen LogP contribution in [0.25, 0.3) is 0 Å². The zero-order valence-corrected chi connectivity index (χ0v) is 16.1. The minimum Gasteiger partial charge on any atom is -0.493 e. The van der Waals surface area contributed by atoms with E-state index in [1.165, 1.54) is 0 Å². The third kappa shape index (κ3) is 5.63. The molecule has 1 N–H and O–H groups in total. The van der Waals surface area contributed by atoms with Gasteiger partial charge in [-0.05, 0) is 23.6 Å². The molecule has 1 aliphatic rings. The van der Waals surface area contributed by atoms with E-state index in [1.54, 1.807) is 4.90 Å². The van der Waals surface area contributed by atoms with E-state index >= 15 is 0 Å². The van der Waals surface area contributed by atoms with Crippen molar-refractivity contribution in [3.05, 3.63) is 29.8 Å². The highest BCUT2D eigenvalue weighted by molar-refractivity contribution is 5.74. The normalized spacial score (nSPS) is 17.7. The highest BCUT2D eigenvalue weighted by Crippen LogP contribution is 2.25. The van der Waals surface area contributed by atoms with Crippen LogP contribution in [0.2, 0.25) is 0 Å². The number of nitrogens with zero attached hydrogens (tertiary/aromatic N) is 2. The third-order valence-corrected chi connectivity index (χ3v) is 4.40. The van der Waals surface area contributed by atoms with Gasteiger partial charge < -0.3 is 19.7 Å². The number of ether oxygens (including phenoxy) is 2. The monoisotopic (exact) mass is 359 g/mol. The van der Waals surface area contributed by atoms with E-state index in [1.807, 2.05) is 24.3 Å². The van der Waals surface area contributed by atoms with Crippen LogP contribution in [0.15, 0.2) is 24.3 Å². The molecule has 1 heterocycles. The molecule has 2 rings (SSSR count). The molecule has 0 spiro atoms. The minimum absolute atomic E-state index is 0.154. The van der Waals surface area contributed by atoms with Crippen molar-refractivity contribution in [3.63, 3.8) is 0 Å². The predicted molar refractivity (Wildman–Crippen MR) is 100 cm³/mol. The lowest BCUT2D eigenvalue weighted by atomic mass is 9.84. The molecule has 0 aliphatic carbocycles. The fraction of sp³-hybridized carbons (Fsp3) is 0.600. The lowest BCUT2D eigenvalue weighted by Crippen LogP contribution is -2.51. The number of rotatable bonds is 6. The Morgan fingerprint density at radius 1 is 1.42 bits per heavy atom. The van der Waals surface area contributed by atoms with Gasteiger partial charge in [0.25, 0.3) is 0 Å². The van der Waals surface area contributed by atoms with E-state index < -0.39 is 6.10 Å². The molecule has 6 heteroatoms.